The zero-order valence-electron chi connectivity index (χ0n) is 10.1. The highest BCUT2D eigenvalue weighted by molar-refractivity contribution is 5.06. The zero-order valence-corrected chi connectivity index (χ0v) is 10.1. The summed E-state index contributed by atoms with van der Waals surface area (Å²) < 4.78 is 16.7. The molecule has 0 amide bonds. The molecule has 1 aromatic heterocycles. The van der Waals surface area contributed by atoms with Gasteiger partial charge in [-0.15, -0.1) is 0 Å². The molecule has 0 aliphatic carbocycles. The van der Waals surface area contributed by atoms with Gasteiger partial charge >= 0.3 is 0 Å². The van der Waals surface area contributed by atoms with Crippen LogP contribution < -0.4 is 0 Å². The highest BCUT2D eigenvalue weighted by Gasteiger charge is 2.14. The van der Waals surface area contributed by atoms with Gasteiger partial charge in [-0.3, -0.25) is 0 Å². The SMILES string of the molecule is OCCCc1ccc(COC2CCCCO2)o1. The summed E-state index contributed by atoms with van der Waals surface area (Å²) in [7, 11) is 0. The fourth-order valence-corrected chi connectivity index (χ4v) is 1.91. The predicted octanol–water partition coefficient (Wildman–Crippen LogP) is 2.25. The molecule has 1 atom stereocenters. The van der Waals surface area contributed by atoms with Crippen molar-refractivity contribution < 1.29 is 19.0 Å². The number of aryl methyl sites for hydroxylation is 1. The van der Waals surface area contributed by atoms with E-state index in [1.165, 1.54) is 6.42 Å². The van der Waals surface area contributed by atoms with E-state index in [2.05, 4.69) is 0 Å². The summed E-state index contributed by atoms with van der Waals surface area (Å²) >= 11 is 0. The fraction of sp³-hybridized carbons (Fsp3) is 0.692. The summed E-state index contributed by atoms with van der Waals surface area (Å²) in [6.45, 7) is 1.46. The van der Waals surface area contributed by atoms with Gasteiger partial charge < -0.3 is 19.0 Å². The van der Waals surface area contributed by atoms with Crippen LogP contribution in [0.4, 0.5) is 0 Å². The van der Waals surface area contributed by atoms with Crippen LogP contribution in [0.25, 0.3) is 0 Å². The van der Waals surface area contributed by atoms with Gasteiger partial charge in [-0.2, -0.15) is 0 Å². The summed E-state index contributed by atoms with van der Waals surface area (Å²) in [6.07, 6.45) is 4.71. The van der Waals surface area contributed by atoms with Crippen molar-refractivity contribution in [3.05, 3.63) is 23.7 Å². The Morgan fingerprint density at radius 2 is 2.18 bits per heavy atom. The van der Waals surface area contributed by atoms with Gasteiger partial charge in [-0.25, -0.2) is 0 Å². The van der Waals surface area contributed by atoms with E-state index < -0.39 is 0 Å². The normalized spacial score (nSPS) is 20.6. The molecule has 1 fully saturated rings. The van der Waals surface area contributed by atoms with Crippen molar-refractivity contribution in [3.8, 4) is 0 Å². The summed E-state index contributed by atoms with van der Waals surface area (Å²) in [5, 5.41) is 8.73. The van der Waals surface area contributed by atoms with Gasteiger partial charge in [0.2, 0.25) is 0 Å². The van der Waals surface area contributed by atoms with E-state index in [0.717, 1.165) is 43.8 Å². The van der Waals surface area contributed by atoms with Crippen LogP contribution in [-0.2, 0) is 22.5 Å². The first-order valence-corrected chi connectivity index (χ1v) is 6.30. The minimum atomic E-state index is -0.0743. The van der Waals surface area contributed by atoms with Crippen molar-refractivity contribution in [2.45, 2.75) is 45.0 Å². The third-order valence-electron chi connectivity index (χ3n) is 2.85. The van der Waals surface area contributed by atoms with Crippen molar-refractivity contribution in [2.24, 2.45) is 0 Å². The molecule has 1 aromatic rings. The van der Waals surface area contributed by atoms with Crippen LogP contribution in [0.15, 0.2) is 16.5 Å². The minimum absolute atomic E-state index is 0.0743. The lowest BCUT2D eigenvalue weighted by atomic mass is 10.2. The van der Waals surface area contributed by atoms with E-state index in [1.807, 2.05) is 12.1 Å². The molecule has 1 N–H and O–H groups in total. The molecule has 4 nitrogen and oxygen atoms in total. The van der Waals surface area contributed by atoms with Gasteiger partial charge in [0.25, 0.3) is 0 Å². The Labute approximate surface area is 102 Å². The zero-order chi connectivity index (χ0) is 11.9. The molecule has 96 valence electrons. The van der Waals surface area contributed by atoms with Gasteiger partial charge in [0.05, 0.1) is 0 Å². The first kappa shape index (κ1) is 12.6. The maximum absolute atomic E-state index is 8.73. The second kappa shape index (κ2) is 6.79. The third-order valence-corrected chi connectivity index (χ3v) is 2.85. The first-order chi connectivity index (χ1) is 8.38. The van der Waals surface area contributed by atoms with Crippen LogP contribution in [-0.4, -0.2) is 24.6 Å². The molecule has 0 saturated carbocycles. The molecule has 1 aliphatic rings. The van der Waals surface area contributed by atoms with Crippen LogP contribution in [0.1, 0.15) is 37.2 Å². The number of rotatable bonds is 6. The van der Waals surface area contributed by atoms with Gasteiger partial charge in [-0.1, -0.05) is 0 Å². The predicted molar refractivity (Wildman–Crippen MR) is 62.5 cm³/mol. The van der Waals surface area contributed by atoms with E-state index >= 15 is 0 Å². The Kier molecular flexibility index (Phi) is 5.04. The molecule has 0 aromatic carbocycles. The average Bonchev–Trinajstić information content (AvgIpc) is 2.83. The average molecular weight is 240 g/mol. The van der Waals surface area contributed by atoms with E-state index in [-0.39, 0.29) is 12.9 Å². The second-order valence-corrected chi connectivity index (χ2v) is 4.30. The molecule has 4 heteroatoms. The molecular formula is C13H20O4. The summed E-state index contributed by atoms with van der Waals surface area (Å²) in [6, 6.07) is 3.87. The standard InChI is InChI=1S/C13H20O4/c14-8-3-4-11-6-7-12(17-11)10-16-13-5-1-2-9-15-13/h6-7,13-14H,1-5,8-10H2. The number of ether oxygens (including phenoxy) is 2. The summed E-state index contributed by atoms with van der Waals surface area (Å²) in [5.41, 5.74) is 0. The minimum Gasteiger partial charge on any atom is -0.464 e. The van der Waals surface area contributed by atoms with Gasteiger partial charge in [-0.05, 0) is 37.8 Å². The molecule has 0 radical (unpaired) electrons. The molecule has 0 spiro atoms. The molecular weight excluding hydrogens is 220 g/mol. The van der Waals surface area contributed by atoms with E-state index in [9.17, 15) is 0 Å². The summed E-state index contributed by atoms with van der Waals surface area (Å²) in [5.74, 6) is 1.73. The lowest BCUT2D eigenvalue weighted by Gasteiger charge is -2.22. The topological polar surface area (TPSA) is 51.8 Å². The molecule has 17 heavy (non-hydrogen) atoms. The fourth-order valence-electron chi connectivity index (χ4n) is 1.91. The molecule has 2 heterocycles. The van der Waals surface area contributed by atoms with Crippen molar-refractivity contribution in [1.29, 1.82) is 0 Å². The largest absolute Gasteiger partial charge is 0.464 e. The van der Waals surface area contributed by atoms with Crippen molar-refractivity contribution in [3.63, 3.8) is 0 Å². The molecule has 1 aliphatic heterocycles. The monoisotopic (exact) mass is 240 g/mol. The number of furan rings is 1. The van der Waals surface area contributed by atoms with E-state index in [1.54, 1.807) is 0 Å². The van der Waals surface area contributed by atoms with Crippen LogP contribution in [0.2, 0.25) is 0 Å². The number of hydrogen-bond acceptors (Lipinski definition) is 4. The van der Waals surface area contributed by atoms with Crippen LogP contribution in [0.5, 0.6) is 0 Å². The Morgan fingerprint density at radius 3 is 2.94 bits per heavy atom. The lowest BCUT2D eigenvalue weighted by Crippen LogP contribution is -2.21. The summed E-state index contributed by atoms with van der Waals surface area (Å²) in [4.78, 5) is 0. The van der Waals surface area contributed by atoms with Gasteiger partial charge in [0, 0.05) is 19.6 Å². The van der Waals surface area contributed by atoms with E-state index in [4.69, 9.17) is 19.0 Å². The van der Waals surface area contributed by atoms with Crippen LogP contribution >= 0.6 is 0 Å². The van der Waals surface area contributed by atoms with Crippen LogP contribution in [0, 0.1) is 0 Å². The highest BCUT2D eigenvalue weighted by atomic mass is 16.7. The molecule has 1 saturated heterocycles. The van der Waals surface area contributed by atoms with Crippen molar-refractivity contribution in [2.75, 3.05) is 13.2 Å². The Morgan fingerprint density at radius 1 is 1.29 bits per heavy atom. The maximum Gasteiger partial charge on any atom is 0.158 e. The highest BCUT2D eigenvalue weighted by Crippen LogP contribution is 2.17. The Hall–Kier alpha value is -0.840. The number of aliphatic hydroxyl groups is 1. The molecule has 2 rings (SSSR count). The smallest absolute Gasteiger partial charge is 0.158 e. The Balaban J connectivity index is 1.72. The Bertz CT molecular complexity index is 315. The van der Waals surface area contributed by atoms with Crippen LogP contribution in [0.3, 0.4) is 0 Å². The van der Waals surface area contributed by atoms with Gasteiger partial charge in [0.15, 0.2) is 6.29 Å². The molecule has 1 unspecified atom stereocenters. The van der Waals surface area contributed by atoms with E-state index in [0.29, 0.717) is 6.61 Å². The van der Waals surface area contributed by atoms with Crippen molar-refractivity contribution >= 4 is 0 Å². The quantitative estimate of drug-likeness (QED) is 0.828. The second-order valence-electron chi connectivity index (χ2n) is 4.30. The number of hydrogen-bond donors (Lipinski definition) is 1. The van der Waals surface area contributed by atoms with Gasteiger partial charge in [0.1, 0.15) is 18.1 Å². The first-order valence-electron chi connectivity index (χ1n) is 6.30. The third kappa shape index (κ3) is 4.15. The van der Waals surface area contributed by atoms with Crippen molar-refractivity contribution in [1.82, 2.24) is 0 Å². The molecule has 0 bridgehead atoms. The maximum atomic E-state index is 8.73. The lowest BCUT2D eigenvalue weighted by molar-refractivity contribution is -0.171. The number of aliphatic hydroxyl groups excluding tert-OH is 1.